The summed E-state index contributed by atoms with van der Waals surface area (Å²) in [4.78, 5) is 28.5. The number of halogens is 1. The summed E-state index contributed by atoms with van der Waals surface area (Å²) < 4.78 is 5.57. The highest BCUT2D eigenvalue weighted by Gasteiger charge is 2.38. The molecule has 2 aliphatic rings. The molecule has 1 aromatic rings. The molecule has 0 radical (unpaired) electrons. The first kappa shape index (κ1) is 17.2. The van der Waals surface area contributed by atoms with Gasteiger partial charge in [0.1, 0.15) is 0 Å². The molecule has 0 spiro atoms. The highest BCUT2D eigenvalue weighted by molar-refractivity contribution is 6.30. The average Bonchev–Trinajstić information content (AvgIpc) is 2.74. The van der Waals surface area contributed by atoms with Crippen LogP contribution in [0, 0.1) is 5.92 Å². The molecule has 1 aromatic carbocycles. The number of hydrogen-bond acceptors (Lipinski definition) is 3. The van der Waals surface area contributed by atoms with Crippen LogP contribution >= 0.6 is 11.6 Å². The molecule has 24 heavy (non-hydrogen) atoms. The van der Waals surface area contributed by atoms with Crippen molar-refractivity contribution in [3.8, 4) is 0 Å². The Bertz CT molecular complexity index is 605. The van der Waals surface area contributed by atoms with E-state index in [1.807, 2.05) is 36.2 Å². The molecular formula is C18H23ClN2O3. The van der Waals surface area contributed by atoms with Crippen LogP contribution in [0.3, 0.4) is 0 Å². The second-order valence-corrected chi connectivity index (χ2v) is 7.05. The summed E-state index contributed by atoms with van der Waals surface area (Å²) in [6, 6.07) is 7.69. The van der Waals surface area contributed by atoms with E-state index >= 15 is 0 Å². The molecule has 0 aliphatic carbocycles. The predicted octanol–water partition coefficient (Wildman–Crippen LogP) is 1.98. The van der Waals surface area contributed by atoms with E-state index in [1.165, 1.54) is 5.56 Å². The third kappa shape index (κ3) is 3.90. The highest BCUT2D eigenvalue weighted by atomic mass is 35.5. The maximum Gasteiger partial charge on any atom is 0.229 e. The minimum Gasteiger partial charge on any atom is -0.378 e. The average molecular weight is 351 g/mol. The Balaban J connectivity index is 1.55. The van der Waals surface area contributed by atoms with Gasteiger partial charge in [-0.15, -0.1) is 0 Å². The van der Waals surface area contributed by atoms with Gasteiger partial charge in [0.25, 0.3) is 0 Å². The van der Waals surface area contributed by atoms with Gasteiger partial charge < -0.3 is 14.5 Å². The molecule has 0 saturated carbocycles. The van der Waals surface area contributed by atoms with Crippen LogP contribution in [0.15, 0.2) is 24.3 Å². The van der Waals surface area contributed by atoms with Crippen LogP contribution in [0.1, 0.15) is 18.4 Å². The summed E-state index contributed by atoms with van der Waals surface area (Å²) in [5, 5.41) is 0.724. The zero-order valence-corrected chi connectivity index (χ0v) is 14.7. The van der Waals surface area contributed by atoms with Crippen molar-refractivity contribution >= 4 is 23.4 Å². The minimum absolute atomic E-state index is 0.0368. The molecule has 3 rings (SSSR count). The van der Waals surface area contributed by atoms with E-state index in [2.05, 4.69) is 0 Å². The quantitative estimate of drug-likeness (QED) is 0.834. The lowest BCUT2D eigenvalue weighted by Gasteiger charge is -2.29. The molecule has 0 N–H and O–H groups in total. The first-order valence-electron chi connectivity index (χ1n) is 8.41. The van der Waals surface area contributed by atoms with Gasteiger partial charge in [-0.25, -0.2) is 0 Å². The van der Waals surface area contributed by atoms with E-state index in [0.717, 1.165) is 17.9 Å². The summed E-state index contributed by atoms with van der Waals surface area (Å²) in [5.41, 5.74) is 1.18. The number of carbonyl (C=O) groups is 2. The fraction of sp³-hybridized carbons (Fsp3) is 0.556. The minimum atomic E-state index is -0.234. The maximum absolute atomic E-state index is 12.6. The molecule has 130 valence electrons. The zero-order chi connectivity index (χ0) is 17.1. The van der Waals surface area contributed by atoms with Crippen LogP contribution in [0.2, 0.25) is 5.02 Å². The summed E-state index contributed by atoms with van der Waals surface area (Å²) in [6.45, 7) is 1.96. The number of aryl methyl sites for hydroxylation is 1. The standard InChI is InChI=1S/C18H23ClN2O3/c1-20-16-10-21(9-14(18(20)23)11-24-12-16)17(22)4-2-3-13-5-7-15(19)8-6-13/h5-8,14,16H,2-4,9-12H2,1H3/t14-,16+/m1/s1. The number of carbonyl (C=O) groups excluding carboxylic acids is 2. The van der Waals surface area contributed by atoms with E-state index < -0.39 is 0 Å². The molecule has 2 atom stereocenters. The van der Waals surface area contributed by atoms with Gasteiger partial charge in [0.2, 0.25) is 11.8 Å². The third-order valence-corrected chi connectivity index (χ3v) is 5.12. The normalized spacial score (nSPS) is 24.0. The molecule has 2 saturated heterocycles. The summed E-state index contributed by atoms with van der Waals surface area (Å²) >= 11 is 5.88. The van der Waals surface area contributed by atoms with Gasteiger partial charge in [-0.05, 0) is 30.5 Å². The Hall–Kier alpha value is -1.59. The fourth-order valence-electron chi connectivity index (χ4n) is 3.35. The van der Waals surface area contributed by atoms with Gasteiger partial charge in [0.05, 0.1) is 25.2 Å². The number of fused-ring (bicyclic) bond motifs is 3. The zero-order valence-electron chi connectivity index (χ0n) is 13.9. The summed E-state index contributed by atoms with van der Waals surface area (Å²) in [5.74, 6) is -0.0133. The van der Waals surface area contributed by atoms with Crippen molar-refractivity contribution in [1.29, 1.82) is 0 Å². The van der Waals surface area contributed by atoms with Crippen LogP contribution in [0.4, 0.5) is 0 Å². The van der Waals surface area contributed by atoms with E-state index in [0.29, 0.717) is 32.7 Å². The molecule has 2 fully saturated rings. The lowest BCUT2D eigenvalue weighted by Crippen LogP contribution is -2.45. The highest BCUT2D eigenvalue weighted by Crippen LogP contribution is 2.20. The topological polar surface area (TPSA) is 49.9 Å². The van der Waals surface area contributed by atoms with Crippen LogP contribution < -0.4 is 0 Å². The van der Waals surface area contributed by atoms with Crippen molar-refractivity contribution in [2.45, 2.75) is 25.3 Å². The molecule has 0 aromatic heterocycles. The van der Waals surface area contributed by atoms with Gasteiger partial charge in [0.15, 0.2) is 0 Å². The smallest absolute Gasteiger partial charge is 0.229 e. The summed E-state index contributed by atoms with van der Waals surface area (Å²) in [7, 11) is 1.81. The van der Waals surface area contributed by atoms with Crippen LogP contribution in [0.25, 0.3) is 0 Å². The Morgan fingerprint density at radius 1 is 1.25 bits per heavy atom. The third-order valence-electron chi connectivity index (χ3n) is 4.87. The lowest BCUT2D eigenvalue weighted by molar-refractivity contribution is -0.134. The number of benzene rings is 1. The molecule has 2 amide bonds. The van der Waals surface area contributed by atoms with Gasteiger partial charge in [-0.1, -0.05) is 23.7 Å². The Morgan fingerprint density at radius 2 is 2.00 bits per heavy atom. The monoisotopic (exact) mass is 350 g/mol. The van der Waals surface area contributed by atoms with Crippen molar-refractivity contribution in [3.63, 3.8) is 0 Å². The fourth-order valence-corrected chi connectivity index (χ4v) is 3.48. The van der Waals surface area contributed by atoms with Crippen molar-refractivity contribution in [2.75, 3.05) is 33.4 Å². The Kier molecular flexibility index (Phi) is 5.41. The molecule has 2 bridgehead atoms. The van der Waals surface area contributed by atoms with Crippen LogP contribution in [-0.2, 0) is 20.7 Å². The Labute approximate surface area is 147 Å². The molecule has 5 nitrogen and oxygen atoms in total. The van der Waals surface area contributed by atoms with Gasteiger partial charge in [-0.3, -0.25) is 9.59 Å². The second-order valence-electron chi connectivity index (χ2n) is 6.62. The van der Waals surface area contributed by atoms with Gasteiger partial charge in [-0.2, -0.15) is 0 Å². The largest absolute Gasteiger partial charge is 0.378 e. The predicted molar refractivity (Wildman–Crippen MR) is 91.8 cm³/mol. The van der Waals surface area contributed by atoms with Crippen molar-refractivity contribution in [2.24, 2.45) is 5.92 Å². The molecular weight excluding hydrogens is 328 g/mol. The molecule has 6 heteroatoms. The van der Waals surface area contributed by atoms with E-state index in [1.54, 1.807) is 4.90 Å². The van der Waals surface area contributed by atoms with E-state index in [4.69, 9.17) is 16.3 Å². The van der Waals surface area contributed by atoms with Crippen molar-refractivity contribution < 1.29 is 14.3 Å². The van der Waals surface area contributed by atoms with Crippen LogP contribution in [-0.4, -0.2) is 61.0 Å². The number of rotatable bonds is 4. The maximum atomic E-state index is 12.6. The number of amides is 2. The Morgan fingerprint density at radius 3 is 2.75 bits per heavy atom. The van der Waals surface area contributed by atoms with E-state index in [9.17, 15) is 9.59 Å². The first-order valence-corrected chi connectivity index (χ1v) is 8.79. The lowest BCUT2D eigenvalue weighted by atomic mass is 10.1. The number of nitrogens with zero attached hydrogens (tertiary/aromatic N) is 2. The van der Waals surface area contributed by atoms with Crippen LogP contribution in [0.5, 0.6) is 0 Å². The number of likely N-dealkylation sites (N-methyl/N-ethyl adjacent to an activating group) is 1. The number of hydrogen-bond donors (Lipinski definition) is 0. The molecule has 0 unspecified atom stereocenters. The van der Waals surface area contributed by atoms with E-state index in [-0.39, 0.29) is 23.8 Å². The van der Waals surface area contributed by atoms with Gasteiger partial charge >= 0.3 is 0 Å². The van der Waals surface area contributed by atoms with Crippen molar-refractivity contribution in [1.82, 2.24) is 9.80 Å². The summed E-state index contributed by atoms with van der Waals surface area (Å²) in [6.07, 6.45) is 2.15. The van der Waals surface area contributed by atoms with Gasteiger partial charge in [0, 0.05) is 31.6 Å². The van der Waals surface area contributed by atoms with Crippen molar-refractivity contribution in [3.05, 3.63) is 34.9 Å². The SMILES string of the molecule is CN1C(=O)[C@H]2COC[C@@H]1CN(C(=O)CCCc1ccc(Cl)cc1)C2. The molecule has 2 heterocycles. The second kappa shape index (κ2) is 7.53. The molecule has 2 aliphatic heterocycles. The number of ether oxygens (including phenoxy) is 1. The first-order chi connectivity index (χ1) is 11.5.